The second kappa shape index (κ2) is 15.6. The van der Waals surface area contributed by atoms with Crippen LogP contribution in [0.5, 0.6) is 11.5 Å². The maximum Gasteiger partial charge on any atom is 0.387 e. The maximum atomic E-state index is 12.5. The standard InChI is InChI=1S/C17H27F2N3O4.HI/c1-20-17(21-7-4-8-25-10-9-23-2)22-12-13-5-6-14(24-3)15(11-13)26-16(18)19;/h5-6,11,16H,4,7-10,12H2,1-3H3,(H2,20,21,22);1H. The van der Waals surface area contributed by atoms with Crippen LogP contribution in [0.25, 0.3) is 0 Å². The number of guanidine groups is 1. The van der Waals surface area contributed by atoms with Gasteiger partial charge in [-0.3, -0.25) is 4.99 Å². The van der Waals surface area contributed by atoms with Crippen LogP contribution in [0, 0.1) is 0 Å². The van der Waals surface area contributed by atoms with E-state index in [4.69, 9.17) is 14.2 Å². The van der Waals surface area contributed by atoms with Crippen LogP contribution in [0.4, 0.5) is 8.78 Å². The number of halogens is 3. The van der Waals surface area contributed by atoms with Crippen LogP contribution < -0.4 is 20.1 Å². The zero-order valence-electron chi connectivity index (χ0n) is 15.8. The van der Waals surface area contributed by atoms with Crippen molar-refractivity contribution in [2.24, 2.45) is 4.99 Å². The number of ether oxygens (including phenoxy) is 4. The third-order valence-electron chi connectivity index (χ3n) is 3.32. The van der Waals surface area contributed by atoms with Gasteiger partial charge in [-0.2, -0.15) is 8.78 Å². The summed E-state index contributed by atoms with van der Waals surface area (Å²) in [6, 6.07) is 4.86. The number of nitrogens with one attached hydrogen (secondary N) is 2. The molecule has 2 N–H and O–H groups in total. The number of nitrogens with zero attached hydrogens (tertiary/aromatic N) is 1. The lowest BCUT2D eigenvalue weighted by molar-refractivity contribution is -0.0512. The van der Waals surface area contributed by atoms with Gasteiger partial charge in [-0.05, 0) is 24.1 Å². The molecule has 0 aliphatic heterocycles. The van der Waals surface area contributed by atoms with Gasteiger partial charge in [0, 0.05) is 33.9 Å². The number of aliphatic imine (C=N–C) groups is 1. The van der Waals surface area contributed by atoms with Gasteiger partial charge in [0.25, 0.3) is 0 Å². The van der Waals surface area contributed by atoms with Gasteiger partial charge in [-0.15, -0.1) is 24.0 Å². The van der Waals surface area contributed by atoms with Gasteiger partial charge >= 0.3 is 6.61 Å². The second-order valence-electron chi connectivity index (χ2n) is 5.17. The van der Waals surface area contributed by atoms with E-state index in [1.54, 1.807) is 26.3 Å². The summed E-state index contributed by atoms with van der Waals surface area (Å²) in [6.07, 6.45) is 0.819. The van der Waals surface area contributed by atoms with E-state index in [-0.39, 0.29) is 35.5 Å². The summed E-state index contributed by atoms with van der Waals surface area (Å²) >= 11 is 0. The van der Waals surface area contributed by atoms with E-state index < -0.39 is 6.61 Å². The van der Waals surface area contributed by atoms with Crippen molar-refractivity contribution >= 4 is 29.9 Å². The molecular weight excluding hydrogens is 475 g/mol. The van der Waals surface area contributed by atoms with Gasteiger partial charge in [0.15, 0.2) is 17.5 Å². The third-order valence-corrected chi connectivity index (χ3v) is 3.32. The highest BCUT2D eigenvalue weighted by molar-refractivity contribution is 14.0. The van der Waals surface area contributed by atoms with E-state index in [0.717, 1.165) is 12.0 Å². The van der Waals surface area contributed by atoms with Gasteiger partial charge in [-0.25, -0.2) is 0 Å². The molecule has 10 heteroatoms. The van der Waals surface area contributed by atoms with E-state index >= 15 is 0 Å². The Bertz CT molecular complexity index is 551. The number of hydrogen-bond acceptors (Lipinski definition) is 5. The average Bonchev–Trinajstić information content (AvgIpc) is 2.63. The molecule has 0 bridgehead atoms. The first-order valence-corrected chi connectivity index (χ1v) is 8.23. The molecule has 0 aliphatic rings. The average molecular weight is 503 g/mol. The van der Waals surface area contributed by atoms with Crippen LogP contribution in [0.2, 0.25) is 0 Å². The Kier molecular flexibility index (Phi) is 14.8. The van der Waals surface area contributed by atoms with Crippen molar-refractivity contribution in [3.8, 4) is 11.5 Å². The van der Waals surface area contributed by atoms with Crippen molar-refractivity contribution in [1.29, 1.82) is 0 Å². The molecule has 0 radical (unpaired) electrons. The van der Waals surface area contributed by atoms with Crippen molar-refractivity contribution in [3.05, 3.63) is 23.8 Å². The topological polar surface area (TPSA) is 73.3 Å². The molecule has 1 aromatic rings. The fourth-order valence-corrected chi connectivity index (χ4v) is 2.05. The van der Waals surface area contributed by atoms with Crippen molar-refractivity contribution in [2.45, 2.75) is 19.6 Å². The third kappa shape index (κ3) is 11.1. The molecule has 0 aliphatic carbocycles. The number of benzene rings is 1. The molecule has 156 valence electrons. The summed E-state index contributed by atoms with van der Waals surface area (Å²) in [4.78, 5) is 4.11. The minimum Gasteiger partial charge on any atom is -0.493 e. The van der Waals surface area contributed by atoms with Crippen LogP contribution in [0.15, 0.2) is 23.2 Å². The lowest BCUT2D eigenvalue weighted by atomic mass is 10.2. The fraction of sp³-hybridized carbons (Fsp3) is 0.588. The molecule has 27 heavy (non-hydrogen) atoms. The number of methoxy groups -OCH3 is 2. The highest BCUT2D eigenvalue weighted by Gasteiger charge is 2.11. The summed E-state index contributed by atoms with van der Waals surface area (Å²) in [6.45, 7) is -0.0460. The van der Waals surface area contributed by atoms with Gasteiger partial charge in [0.1, 0.15) is 0 Å². The first-order chi connectivity index (χ1) is 12.6. The Morgan fingerprint density at radius 3 is 2.52 bits per heavy atom. The van der Waals surface area contributed by atoms with Crippen molar-refractivity contribution in [3.63, 3.8) is 0 Å². The first-order valence-electron chi connectivity index (χ1n) is 8.23. The molecule has 0 spiro atoms. The fourth-order valence-electron chi connectivity index (χ4n) is 2.05. The van der Waals surface area contributed by atoms with Crippen LogP contribution in [0.1, 0.15) is 12.0 Å². The van der Waals surface area contributed by atoms with Gasteiger partial charge in [0.2, 0.25) is 0 Å². The van der Waals surface area contributed by atoms with E-state index in [1.165, 1.54) is 13.2 Å². The normalized spacial score (nSPS) is 11.1. The molecular formula is C17H28F2IN3O4. The van der Waals surface area contributed by atoms with E-state index in [9.17, 15) is 8.78 Å². The quantitative estimate of drug-likeness (QED) is 0.198. The molecule has 0 heterocycles. The van der Waals surface area contributed by atoms with Gasteiger partial charge in [-0.1, -0.05) is 6.07 Å². The molecule has 7 nitrogen and oxygen atoms in total. The summed E-state index contributed by atoms with van der Waals surface area (Å²) in [5, 5.41) is 6.26. The van der Waals surface area contributed by atoms with Crippen LogP contribution >= 0.6 is 24.0 Å². The molecule has 0 saturated carbocycles. The highest BCUT2D eigenvalue weighted by atomic mass is 127. The van der Waals surface area contributed by atoms with Gasteiger partial charge in [0.05, 0.1) is 20.3 Å². The van der Waals surface area contributed by atoms with Crippen molar-refractivity contribution in [1.82, 2.24) is 10.6 Å². The summed E-state index contributed by atoms with van der Waals surface area (Å²) < 4.78 is 44.7. The molecule has 1 aromatic carbocycles. The predicted molar refractivity (Wildman–Crippen MR) is 111 cm³/mol. The van der Waals surface area contributed by atoms with Crippen LogP contribution in [0.3, 0.4) is 0 Å². The van der Waals surface area contributed by atoms with Crippen molar-refractivity contribution < 1.29 is 27.7 Å². The monoisotopic (exact) mass is 503 g/mol. The summed E-state index contributed by atoms with van der Waals surface area (Å²) in [5.41, 5.74) is 0.757. The SMILES string of the molecule is CN=C(NCCCOCCOC)NCc1ccc(OC)c(OC(F)F)c1.I. The maximum absolute atomic E-state index is 12.5. The van der Waals surface area contributed by atoms with Crippen molar-refractivity contribution in [2.75, 3.05) is 47.6 Å². The lowest BCUT2D eigenvalue weighted by Crippen LogP contribution is -2.37. The zero-order chi connectivity index (χ0) is 19.2. The Hall–Kier alpha value is -1.40. The number of alkyl halides is 2. The largest absolute Gasteiger partial charge is 0.493 e. The predicted octanol–water partition coefficient (Wildman–Crippen LogP) is 2.63. The minimum atomic E-state index is -2.91. The molecule has 0 saturated heterocycles. The molecule has 1 rings (SSSR count). The molecule has 0 fully saturated rings. The molecule has 0 atom stereocenters. The van der Waals surface area contributed by atoms with E-state index in [2.05, 4.69) is 20.4 Å². The highest BCUT2D eigenvalue weighted by Crippen LogP contribution is 2.29. The lowest BCUT2D eigenvalue weighted by Gasteiger charge is -2.14. The molecule has 0 amide bonds. The molecule has 0 unspecified atom stereocenters. The summed E-state index contributed by atoms with van der Waals surface area (Å²) in [7, 11) is 4.69. The van der Waals surface area contributed by atoms with E-state index in [0.29, 0.717) is 38.9 Å². The minimum absolute atomic E-state index is 0. The smallest absolute Gasteiger partial charge is 0.387 e. The van der Waals surface area contributed by atoms with Gasteiger partial charge < -0.3 is 29.6 Å². The number of hydrogen-bond donors (Lipinski definition) is 2. The van der Waals surface area contributed by atoms with E-state index in [1.807, 2.05) is 0 Å². The summed E-state index contributed by atoms with van der Waals surface area (Å²) in [5.74, 6) is 0.858. The Balaban J connectivity index is 0.00000676. The van der Waals surface area contributed by atoms with Crippen LogP contribution in [-0.2, 0) is 16.0 Å². The Labute approximate surface area is 175 Å². The first kappa shape index (κ1) is 25.6. The number of rotatable bonds is 12. The Morgan fingerprint density at radius 1 is 1.11 bits per heavy atom. The Morgan fingerprint density at radius 2 is 1.89 bits per heavy atom. The zero-order valence-corrected chi connectivity index (χ0v) is 18.1. The molecule has 0 aromatic heterocycles. The second-order valence-corrected chi connectivity index (χ2v) is 5.17. The van der Waals surface area contributed by atoms with Crippen LogP contribution in [-0.4, -0.2) is 60.2 Å².